The maximum Gasteiger partial charge on any atom is 0.254 e. The minimum atomic E-state index is -0.395. The number of aryl methyl sites for hydroxylation is 1. The smallest absolute Gasteiger partial charge is 0.254 e. The van der Waals surface area contributed by atoms with Crippen molar-refractivity contribution in [3.8, 4) is 0 Å². The van der Waals surface area contributed by atoms with Crippen LogP contribution in [0.15, 0.2) is 18.2 Å². The number of ether oxygens (including phenoxy) is 1. The monoisotopic (exact) mass is 298 g/mol. The third-order valence-electron chi connectivity index (χ3n) is 3.40. The van der Waals surface area contributed by atoms with Gasteiger partial charge in [0.25, 0.3) is 5.91 Å². The van der Waals surface area contributed by atoms with E-state index in [2.05, 4.69) is 30.5 Å². The molecule has 1 unspecified atom stereocenters. The lowest BCUT2D eigenvalue weighted by atomic mass is 9.98. The normalized spacial score (nSPS) is 18.5. The first kappa shape index (κ1) is 17.0. The van der Waals surface area contributed by atoms with E-state index in [0.29, 0.717) is 19.1 Å². The summed E-state index contributed by atoms with van der Waals surface area (Å²) in [5.41, 5.74) is 3.18. The fourth-order valence-electron chi connectivity index (χ4n) is 2.28. The number of anilines is 1. The molecule has 1 saturated heterocycles. The number of rotatable bonds is 3. The number of morpholine rings is 1. The van der Waals surface area contributed by atoms with Crippen LogP contribution in [0, 0.1) is 6.92 Å². The third-order valence-corrected chi connectivity index (χ3v) is 3.40. The number of hydrogen-bond donors (Lipinski definition) is 2. The highest BCUT2D eigenvalue weighted by atomic mass is 35.5. The molecular formula is C15H23ClN2O2. The summed E-state index contributed by atoms with van der Waals surface area (Å²) in [6, 6.07) is 6.10. The molecular weight excluding hydrogens is 276 g/mol. The van der Waals surface area contributed by atoms with Crippen LogP contribution in [0.4, 0.5) is 5.69 Å². The number of halogens is 1. The van der Waals surface area contributed by atoms with Gasteiger partial charge >= 0.3 is 0 Å². The lowest BCUT2D eigenvalue weighted by molar-refractivity contribution is -0.128. The van der Waals surface area contributed by atoms with Crippen LogP contribution >= 0.6 is 12.4 Å². The van der Waals surface area contributed by atoms with E-state index in [9.17, 15) is 4.79 Å². The molecule has 0 bridgehead atoms. The fraction of sp³-hybridized carbons (Fsp3) is 0.533. The molecule has 20 heavy (non-hydrogen) atoms. The van der Waals surface area contributed by atoms with Crippen LogP contribution in [0.5, 0.6) is 0 Å². The Kier molecular flexibility index (Phi) is 6.46. The number of benzene rings is 1. The molecule has 1 aliphatic heterocycles. The van der Waals surface area contributed by atoms with Crippen molar-refractivity contribution in [1.29, 1.82) is 0 Å². The van der Waals surface area contributed by atoms with Crippen molar-refractivity contribution in [3.05, 3.63) is 29.3 Å². The molecule has 1 amide bonds. The highest BCUT2D eigenvalue weighted by Gasteiger charge is 2.23. The standard InChI is InChI=1S/C15H22N2O2.ClH/c1-10(2)12-6-4-5-11(3)14(12)17-15(18)13-9-16-7-8-19-13;/h4-6,10,13,16H,7-9H2,1-3H3,(H,17,18);1H. The first-order valence-corrected chi connectivity index (χ1v) is 6.82. The van der Waals surface area contributed by atoms with Gasteiger partial charge in [-0.25, -0.2) is 0 Å². The zero-order valence-corrected chi connectivity index (χ0v) is 13.0. The van der Waals surface area contributed by atoms with E-state index in [0.717, 1.165) is 23.4 Å². The van der Waals surface area contributed by atoms with E-state index in [1.54, 1.807) is 0 Å². The molecule has 1 heterocycles. The molecule has 0 aromatic heterocycles. The number of hydrogen-bond acceptors (Lipinski definition) is 3. The summed E-state index contributed by atoms with van der Waals surface area (Å²) in [4.78, 5) is 12.2. The molecule has 1 fully saturated rings. The molecule has 0 aliphatic carbocycles. The van der Waals surface area contributed by atoms with Crippen LogP contribution in [-0.2, 0) is 9.53 Å². The molecule has 1 aromatic rings. The highest BCUT2D eigenvalue weighted by Crippen LogP contribution is 2.27. The van der Waals surface area contributed by atoms with Gasteiger partial charge in [0.05, 0.1) is 6.61 Å². The Morgan fingerprint density at radius 1 is 1.45 bits per heavy atom. The minimum Gasteiger partial charge on any atom is -0.366 e. The van der Waals surface area contributed by atoms with Gasteiger partial charge in [-0.3, -0.25) is 4.79 Å². The van der Waals surface area contributed by atoms with E-state index >= 15 is 0 Å². The number of nitrogens with one attached hydrogen (secondary N) is 2. The Labute approximate surface area is 126 Å². The maximum absolute atomic E-state index is 12.2. The average molecular weight is 299 g/mol. The SMILES string of the molecule is Cc1cccc(C(C)C)c1NC(=O)C1CNCCO1.Cl. The lowest BCUT2D eigenvalue weighted by Crippen LogP contribution is -2.45. The number of para-hydroxylation sites is 1. The van der Waals surface area contributed by atoms with Crippen LogP contribution in [0.1, 0.15) is 30.9 Å². The Balaban J connectivity index is 0.00000200. The summed E-state index contributed by atoms with van der Waals surface area (Å²) in [6.07, 6.45) is -0.395. The molecule has 4 nitrogen and oxygen atoms in total. The van der Waals surface area contributed by atoms with E-state index in [-0.39, 0.29) is 18.3 Å². The minimum absolute atomic E-state index is 0. The van der Waals surface area contributed by atoms with Gasteiger partial charge in [0.1, 0.15) is 6.10 Å². The summed E-state index contributed by atoms with van der Waals surface area (Å²) in [7, 11) is 0. The van der Waals surface area contributed by atoms with Gasteiger partial charge in [0.15, 0.2) is 0 Å². The zero-order chi connectivity index (χ0) is 13.8. The van der Waals surface area contributed by atoms with Crippen molar-refractivity contribution in [3.63, 3.8) is 0 Å². The molecule has 2 rings (SSSR count). The summed E-state index contributed by atoms with van der Waals surface area (Å²) in [5, 5.41) is 6.19. The second kappa shape index (κ2) is 7.62. The van der Waals surface area contributed by atoms with Gasteiger partial charge in [-0.2, -0.15) is 0 Å². The van der Waals surface area contributed by atoms with Gasteiger partial charge in [-0.05, 0) is 24.0 Å². The van der Waals surface area contributed by atoms with Crippen LogP contribution < -0.4 is 10.6 Å². The number of carbonyl (C=O) groups is 1. The molecule has 0 spiro atoms. The first-order chi connectivity index (χ1) is 9.09. The van der Waals surface area contributed by atoms with Crippen molar-refractivity contribution in [2.75, 3.05) is 25.0 Å². The van der Waals surface area contributed by atoms with Crippen LogP contribution in [0.2, 0.25) is 0 Å². The maximum atomic E-state index is 12.2. The van der Waals surface area contributed by atoms with Gasteiger partial charge in [-0.1, -0.05) is 32.0 Å². The molecule has 0 radical (unpaired) electrons. The van der Waals surface area contributed by atoms with E-state index in [1.807, 2.05) is 19.1 Å². The molecule has 2 N–H and O–H groups in total. The van der Waals surface area contributed by atoms with E-state index in [1.165, 1.54) is 0 Å². The number of amides is 1. The predicted molar refractivity (Wildman–Crippen MR) is 83.8 cm³/mol. The van der Waals surface area contributed by atoms with Crippen molar-refractivity contribution in [1.82, 2.24) is 5.32 Å². The van der Waals surface area contributed by atoms with Crippen LogP contribution in [0.25, 0.3) is 0 Å². The molecule has 0 saturated carbocycles. The third kappa shape index (κ3) is 3.95. The highest BCUT2D eigenvalue weighted by molar-refractivity contribution is 5.95. The van der Waals surface area contributed by atoms with Crippen molar-refractivity contribution in [2.45, 2.75) is 32.8 Å². The summed E-state index contributed by atoms with van der Waals surface area (Å²) in [5.74, 6) is 0.309. The number of carbonyl (C=O) groups excluding carboxylic acids is 1. The van der Waals surface area contributed by atoms with Crippen LogP contribution in [-0.4, -0.2) is 31.7 Å². The van der Waals surface area contributed by atoms with Crippen LogP contribution in [0.3, 0.4) is 0 Å². The molecule has 112 valence electrons. The molecule has 5 heteroatoms. The Hall–Kier alpha value is -1.10. The predicted octanol–water partition coefficient (Wildman–Crippen LogP) is 2.47. The van der Waals surface area contributed by atoms with Crippen molar-refractivity contribution >= 4 is 24.0 Å². The molecule has 1 aliphatic rings. The Bertz CT molecular complexity index is 457. The fourth-order valence-corrected chi connectivity index (χ4v) is 2.28. The Morgan fingerprint density at radius 3 is 2.80 bits per heavy atom. The Morgan fingerprint density at radius 2 is 2.20 bits per heavy atom. The molecule has 1 aromatic carbocycles. The first-order valence-electron chi connectivity index (χ1n) is 6.82. The molecule has 1 atom stereocenters. The second-order valence-electron chi connectivity index (χ2n) is 5.25. The summed E-state index contributed by atoms with van der Waals surface area (Å²) < 4.78 is 5.48. The van der Waals surface area contributed by atoms with E-state index < -0.39 is 6.10 Å². The van der Waals surface area contributed by atoms with Crippen molar-refractivity contribution < 1.29 is 9.53 Å². The van der Waals surface area contributed by atoms with Gasteiger partial charge in [-0.15, -0.1) is 12.4 Å². The average Bonchev–Trinajstić information content (AvgIpc) is 2.41. The van der Waals surface area contributed by atoms with E-state index in [4.69, 9.17) is 4.74 Å². The van der Waals surface area contributed by atoms with Gasteiger partial charge < -0.3 is 15.4 Å². The largest absolute Gasteiger partial charge is 0.366 e. The zero-order valence-electron chi connectivity index (χ0n) is 12.2. The van der Waals surface area contributed by atoms with Gasteiger partial charge in [0.2, 0.25) is 0 Å². The quantitative estimate of drug-likeness (QED) is 0.901. The lowest BCUT2D eigenvalue weighted by Gasteiger charge is -2.24. The summed E-state index contributed by atoms with van der Waals surface area (Å²) in [6.45, 7) is 8.25. The topological polar surface area (TPSA) is 50.4 Å². The summed E-state index contributed by atoms with van der Waals surface area (Å²) >= 11 is 0. The second-order valence-corrected chi connectivity index (χ2v) is 5.25. The van der Waals surface area contributed by atoms with Crippen molar-refractivity contribution in [2.24, 2.45) is 0 Å². The van der Waals surface area contributed by atoms with Gasteiger partial charge in [0, 0.05) is 18.8 Å².